The van der Waals surface area contributed by atoms with Crippen molar-refractivity contribution in [3.8, 4) is 0 Å². The summed E-state index contributed by atoms with van der Waals surface area (Å²) < 4.78 is 36.7. The summed E-state index contributed by atoms with van der Waals surface area (Å²) >= 11 is 0. The van der Waals surface area contributed by atoms with Crippen LogP contribution in [0, 0.1) is 0 Å². The summed E-state index contributed by atoms with van der Waals surface area (Å²) in [4.78, 5) is 3.77. The Morgan fingerprint density at radius 2 is 2.38 bits per heavy atom. The minimum absolute atomic E-state index is 0.0640. The van der Waals surface area contributed by atoms with E-state index in [0.29, 0.717) is 0 Å². The van der Waals surface area contributed by atoms with E-state index in [2.05, 4.69) is 4.99 Å². The minimum atomic E-state index is -4.33. The lowest BCUT2D eigenvalue weighted by Crippen LogP contribution is -2.43. The van der Waals surface area contributed by atoms with Gasteiger partial charge in [0.2, 0.25) is 0 Å². The van der Waals surface area contributed by atoms with Crippen LogP contribution in [-0.4, -0.2) is 15.5 Å². The highest BCUT2D eigenvalue weighted by Crippen LogP contribution is 3.12. The lowest BCUT2D eigenvalue weighted by molar-refractivity contribution is 0.228. The quantitative estimate of drug-likeness (QED) is 0.692. The zero-order chi connectivity index (χ0) is 9.44. The zero-order valence-corrected chi connectivity index (χ0v) is 8.46. The SMILES string of the molecule is CCS123(O)C=CN=C1OP(=O)(O2)O3. The molecule has 4 heterocycles. The second-order valence-electron chi connectivity index (χ2n) is 3.22. The monoisotopic (exact) mass is 225 g/mol. The Bertz CT molecular complexity index is 446. The van der Waals surface area contributed by atoms with Crippen molar-refractivity contribution in [2.75, 3.05) is 5.75 Å². The van der Waals surface area contributed by atoms with Crippen LogP contribution in [0.25, 0.3) is 0 Å². The van der Waals surface area contributed by atoms with Gasteiger partial charge in [-0.1, -0.05) is 6.92 Å². The summed E-state index contributed by atoms with van der Waals surface area (Å²) in [5.41, 5.74) is 0. The van der Waals surface area contributed by atoms with Gasteiger partial charge in [0.1, 0.15) is 0 Å². The molecule has 0 aliphatic carbocycles. The van der Waals surface area contributed by atoms with Crippen molar-refractivity contribution in [2.45, 2.75) is 6.92 Å². The van der Waals surface area contributed by atoms with Gasteiger partial charge in [0, 0.05) is 17.4 Å². The first-order valence-corrected chi connectivity index (χ1v) is 7.65. The largest absolute Gasteiger partial charge is 0.557 e. The fourth-order valence-electron chi connectivity index (χ4n) is 1.60. The first kappa shape index (κ1) is 8.02. The van der Waals surface area contributed by atoms with Crippen LogP contribution in [0.4, 0.5) is 0 Å². The molecular weight excluding hydrogens is 217 g/mol. The molecule has 0 aromatic heterocycles. The van der Waals surface area contributed by atoms with E-state index in [1.54, 1.807) is 6.92 Å². The Morgan fingerprint density at radius 3 is 2.92 bits per heavy atom. The molecule has 0 radical (unpaired) electrons. The molecule has 6 nitrogen and oxygen atoms in total. The van der Waals surface area contributed by atoms with Crippen LogP contribution in [0.5, 0.6) is 0 Å². The van der Waals surface area contributed by atoms with E-state index in [1.807, 2.05) is 0 Å². The van der Waals surface area contributed by atoms with Crippen LogP contribution in [-0.2, 0) is 17.0 Å². The van der Waals surface area contributed by atoms with Crippen molar-refractivity contribution in [1.82, 2.24) is 0 Å². The third-order valence-electron chi connectivity index (χ3n) is 2.46. The average Bonchev–Trinajstić information content (AvgIpc) is 2.41. The van der Waals surface area contributed by atoms with Gasteiger partial charge < -0.3 is 9.08 Å². The second-order valence-corrected chi connectivity index (χ2v) is 9.82. The fourth-order valence-corrected chi connectivity index (χ4v) is 10.0. The number of hydrogen-bond acceptors (Lipinski definition) is 6. The van der Waals surface area contributed by atoms with Crippen molar-refractivity contribution in [2.24, 2.45) is 4.99 Å². The average molecular weight is 225 g/mol. The Labute approximate surface area is 73.7 Å². The summed E-state index contributed by atoms with van der Waals surface area (Å²) in [5.74, 6) is 0.152. The highest BCUT2D eigenvalue weighted by molar-refractivity contribution is 8.71. The summed E-state index contributed by atoms with van der Waals surface area (Å²) in [6, 6.07) is 0. The molecule has 4 rings (SSSR count). The van der Waals surface area contributed by atoms with Crippen molar-refractivity contribution in [3.05, 3.63) is 11.6 Å². The lowest BCUT2D eigenvalue weighted by Gasteiger charge is -2.66. The van der Waals surface area contributed by atoms with Crippen LogP contribution in [0.3, 0.4) is 0 Å². The smallest absolute Gasteiger partial charge is 0.375 e. The van der Waals surface area contributed by atoms with Crippen LogP contribution < -0.4 is 0 Å². The highest BCUT2D eigenvalue weighted by atomic mass is 32.4. The van der Waals surface area contributed by atoms with Crippen LogP contribution in [0.2, 0.25) is 0 Å². The molecule has 3 saturated heterocycles. The molecule has 0 amide bonds. The maximum absolute atomic E-state index is 11.3. The Kier molecular flexibility index (Phi) is 0.871. The minimum Gasteiger partial charge on any atom is -0.375 e. The molecule has 0 atom stereocenters. The predicted molar refractivity (Wildman–Crippen MR) is 48.2 cm³/mol. The van der Waals surface area contributed by atoms with Crippen molar-refractivity contribution >= 4 is 22.2 Å². The van der Waals surface area contributed by atoms with E-state index in [4.69, 9.17) is 12.5 Å². The molecule has 0 aromatic carbocycles. The zero-order valence-electron chi connectivity index (χ0n) is 6.74. The molecule has 74 valence electrons. The van der Waals surface area contributed by atoms with E-state index < -0.39 is 17.0 Å². The maximum atomic E-state index is 11.3. The van der Waals surface area contributed by atoms with Gasteiger partial charge in [0.25, 0.3) is 5.23 Å². The topological polar surface area (TPSA) is 77.4 Å². The lowest BCUT2D eigenvalue weighted by atomic mass is 11.0. The molecule has 1 N–H and O–H groups in total. The fraction of sp³-hybridized carbons (Fsp3) is 0.400. The molecular formula is C5H8NO5PS. The van der Waals surface area contributed by atoms with E-state index in [1.165, 1.54) is 11.6 Å². The Morgan fingerprint density at radius 1 is 1.69 bits per heavy atom. The van der Waals surface area contributed by atoms with Gasteiger partial charge in [-0.05, 0) is 0 Å². The van der Waals surface area contributed by atoms with Gasteiger partial charge in [-0.15, -0.1) is 0 Å². The summed E-state index contributed by atoms with van der Waals surface area (Å²) in [6.45, 7) is 1.67. The molecule has 0 aromatic rings. The van der Waals surface area contributed by atoms with Gasteiger partial charge in [0.15, 0.2) is 0 Å². The predicted octanol–water partition coefficient (Wildman–Crippen LogP) is 2.21. The van der Waals surface area contributed by atoms with E-state index in [0.717, 1.165) is 0 Å². The standard InChI is InChI=1S/C5H8NO5PS/c1-2-13(8)4-3-6-5(13)9-12(7,10-13)11-13/h3-4,8H,2H2,1H3. The highest BCUT2D eigenvalue weighted by Gasteiger charge is 2.88. The van der Waals surface area contributed by atoms with E-state index in [-0.39, 0.29) is 11.0 Å². The van der Waals surface area contributed by atoms with Gasteiger partial charge >= 0.3 is 7.82 Å². The molecule has 0 saturated carbocycles. The third kappa shape index (κ3) is 0.547. The van der Waals surface area contributed by atoms with Crippen LogP contribution in [0.15, 0.2) is 16.6 Å². The molecule has 8 heteroatoms. The number of rotatable bonds is 1. The molecule has 3 fully saturated rings. The molecule has 4 aliphatic heterocycles. The summed E-state index contributed by atoms with van der Waals surface area (Å²) in [5, 5.41) is 1.27. The number of hydrogen-bond donors (Lipinski definition) is 1. The van der Waals surface area contributed by atoms with Crippen molar-refractivity contribution in [1.29, 1.82) is 0 Å². The van der Waals surface area contributed by atoms with E-state index in [9.17, 15) is 9.12 Å². The van der Waals surface area contributed by atoms with Gasteiger partial charge in [-0.3, -0.25) is 0 Å². The van der Waals surface area contributed by atoms with Crippen LogP contribution in [0.1, 0.15) is 6.92 Å². The van der Waals surface area contributed by atoms with Crippen molar-refractivity contribution in [3.63, 3.8) is 0 Å². The second kappa shape index (κ2) is 1.41. The maximum Gasteiger partial charge on any atom is 0.557 e. The first-order chi connectivity index (χ1) is 5.88. The molecule has 4 aliphatic rings. The van der Waals surface area contributed by atoms with Gasteiger partial charge in [0.05, 0.1) is 9.14 Å². The van der Waals surface area contributed by atoms with Gasteiger partial charge in [-0.25, -0.2) is 9.56 Å². The van der Waals surface area contributed by atoms with Gasteiger partial charge in [-0.2, -0.15) is 7.94 Å². The normalized spacial score (nSPS) is 49.8. The number of phosphoric acid groups is 1. The Hall–Kier alpha value is -0.330. The summed E-state index contributed by atoms with van der Waals surface area (Å²) in [7, 11) is -7.84. The number of aliphatic imine (C=N–C) groups is 1. The van der Waals surface area contributed by atoms with E-state index >= 15 is 0 Å². The first-order valence-electron chi connectivity index (χ1n) is 3.70. The Balaban J connectivity index is 2.37. The van der Waals surface area contributed by atoms with Crippen molar-refractivity contribution < 1.29 is 21.6 Å². The molecule has 2 bridgehead atoms. The molecule has 13 heavy (non-hydrogen) atoms. The summed E-state index contributed by atoms with van der Waals surface area (Å²) in [6.07, 6.45) is 1.35. The number of nitrogens with zero attached hydrogens (tertiary/aromatic N) is 1. The molecule has 1 spiro atoms. The molecule has 0 unspecified atom stereocenters. The third-order valence-corrected chi connectivity index (χ3v) is 10.8. The van der Waals surface area contributed by atoms with Crippen LogP contribution >= 0.6 is 17.0 Å².